The molecule has 2 aromatic heterocycles. The van der Waals surface area contributed by atoms with E-state index in [9.17, 15) is 9.59 Å². The quantitative estimate of drug-likeness (QED) is 0.668. The Morgan fingerprint density at radius 1 is 1.29 bits per heavy atom. The molecule has 0 radical (unpaired) electrons. The number of H-pyrrole nitrogens is 2. The Kier molecular flexibility index (Phi) is 4.84. The first-order valence-corrected chi connectivity index (χ1v) is 8.85. The second-order valence-electron chi connectivity index (χ2n) is 5.59. The van der Waals surface area contributed by atoms with Gasteiger partial charge in [-0.15, -0.1) is 5.10 Å². The van der Waals surface area contributed by atoms with Gasteiger partial charge >= 0.3 is 5.69 Å². The van der Waals surface area contributed by atoms with Crippen LogP contribution in [0.1, 0.15) is 31.2 Å². The third-order valence-electron chi connectivity index (χ3n) is 3.78. The smallest absolute Gasteiger partial charge is 0.309 e. The van der Waals surface area contributed by atoms with E-state index in [4.69, 9.17) is 0 Å². The van der Waals surface area contributed by atoms with E-state index >= 15 is 0 Å². The molecule has 0 bridgehead atoms. The van der Waals surface area contributed by atoms with E-state index in [1.54, 1.807) is 10.6 Å². The van der Waals surface area contributed by atoms with Crippen LogP contribution in [0.3, 0.4) is 0 Å². The maximum atomic E-state index is 12.2. The van der Waals surface area contributed by atoms with Crippen molar-refractivity contribution in [3.8, 4) is 0 Å². The Bertz CT molecular complexity index is 972. The first-order valence-electron chi connectivity index (χ1n) is 7.86. The van der Waals surface area contributed by atoms with Crippen molar-refractivity contribution in [1.29, 1.82) is 0 Å². The number of hydrogen-bond acceptors (Lipinski definition) is 5. The van der Waals surface area contributed by atoms with E-state index in [-0.39, 0.29) is 11.2 Å². The molecule has 0 fully saturated rings. The lowest BCUT2D eigenvalue weighted by atomic mass is 10.1. The van der Waals surface area contributed by atoms with Gasteiger partial charge in [-0.3, -0.25) is 9.36 Å². The van der Waals surface area contributed by atoms with Crippen LogP contribution in [-0.4, -0.2) is 24.7 Å². The molecule has 2 heterocycles. The number of aryl methyl sites for hydroxylation is 1. The minimum atomic E-state index is -0.207. The van der Waals surface area contributed by atoms with Crippen molar-refractivity contribution in [2.75, 3.05) is 0 Å². The van der Waals surface area contributed by atoms with E-state index < -0.39 is 0 Å². The number of unbranched alkanes of at least 4 members (excludes halogenated alkanes) is 1. The van der Waals surface area contributed by atoms with Gasteiger partial charge in [0.05, 0.1) is 16.7 Å². The highest BCUT2D eigenvalue weighted by molar-refractivity contribution is 7.98. The van der Waals surface area contributed by atoms with Gasteiger partial charge in [0, 0.05) is 6.54 Å². The number of aromatic amines is 2. The van der Waals surface area contributed by atoms with Gasteiger partial charge in [0.2, 0.25) is 0 Å². The number of nitrogens with one attached hydrogen (secondary N) is 2. The van der Waals surface area contributed by atoms with Gasteiger partial charge in [-0.05, 0) is 25.0 Å². The van der Waals surface area contributed by atoms with Crippen molar-refractivity contribution in [2.24, 2.45) is 0 Å². The van der Waals surface area contributed by atoms with Crippen LogP contribution in [0.4, 0.5) is 0 Å². The summed E-state index contributed by atoms with van der Waals surface area (Å²) in [4.78, 5) is 31.3. The summed E-state index contributed by atoms with van der Waals surface area (Å²) >= 11 is 1.38. The van der Waals surface area contributed by atoms with Crippen LogP contribution in [0.2, 0.25) is 0 Å². The average Bonchev–Trinajstić information content (AvgIpc) is 2.92. The molecule has 0 aliphatic carbocycles. The van der Waals surface area contributed by atoms with E-state index in [1.165, 1.54) is 11.8 Å². The van der Waals surface area contributed by atoms with Gasteiger partial charge in [0.1, 0.15) is 5.82 Å². The van der Waals surface area contributed by atoms with E-state index in [1.807, 2.05) is 19.1 Å². The largest absolute Gasteiger partial charge is 0.343 e. The molecule has 0 saturated heterocycles. The fourth-order valence-corrected chi connectivity index (χ4v) is 3.32. The SMILES string of the molecule is CCCCn1c(SCc2nc3c(C)cccc3c(=O)[nH]2)n[nH]c1=O. The van der Waals surface area contributed by atoms with Gasteiger partial charge in [-0.25, -0.2) is 14.9 Å². The fourth-order valence-electron chi connectivity index (χ4n) is 2.48. The molecule has 0 saturated carbocycles. The molecule has 0 atom stereocenters. The third kappa shape index (κ3) is 3.28. The first kappa shape index (κ1) is 16.5. The number of aromatic nitrogens is 5. The Morgan fingerprint density at radius 3 is 2.92 bits per heavy atom. The van der Waals surface area contributed by atoms with Gasteiger partial charge in [-0.1, -0.05) is 37.2 Å². The van der Waals surface area contributed by atoms with Crippen LogP contribution in [0.25, 0.3) is 10.9 Å². The van der Waals surface area contributed by atoms with Crippen LogP contribution in [0, 0.1) is 6.92 Å². The van der Waals surface area contributed by atoms with E-state index in [2.05, 4.69) is 27.1 Å². The molecule has 8 heteroatoms. The van der Waals surface area contributed by atoms with Gasteiger partial charge < -0.3 is 4.98 Å². The molecule has 126 valence electrons. The van der Waals surface area contributed by atoms with E-state index in [0.29, 0.717) is 34.2 Å². The van der Waals surface area contributed by atoms with Crippen LogP contribution < -0.4 is 11.2 Å². The predicted octanol–water partition coefficient (Wildman–Crippen LogP) is 2.21. The fraction of sp³-hybridized carbons (Fsp3) is 0.375. The minimum Gasteiger partial charge on any atom is -0.309 e. The summed E-state index contributed by atoms with van der Waals surface area (Å²) in [6.07, 6.45) is 1.91. The summed E-state index contributed by atoms with van der Waals surface area (Å²) in [7, 11) is 0. The molecule has 3 rings (SSSR count). The lowest BCUT2D eigenvalue weighted by Gasteiger charge is -2.06. The highest BCUT2D eigenvalue weighted by Crippen LogP contribution is 2.19. The molecule has 24 heavy (non-hydrogen) atoms. The predicted molar refractivity (Wildman–Crippen MR) is 94.4 cm³/mol. The highest BCUT2D eigenvalue weighted by atomic mass is 32.2. The number of benzene rings is 1. The van der Waals surface area contributed by atoms with Gasteiger partial charge in [-0.2, -0.15) is 0 Å². The Balaban J connectivity index is 1.85. The second-order valence-corrected chi connectivity index (χ2v) is 6.53. The summed E-state index contributed by atoms with van der Waals surface area (Å²) in [5.41, 5.74) is 1.32. The Morgan fingerprint density at radius 2 is 2.12 bits per heavy atom. The maximum Gasteiger partial charge on any atom is 0.343 e. The van der Waals surface area contributed by atoms with Crippen molar-refractivity contribution in [1.82, 2.24) is 24.7 Å². The number of hydrogen-bond donors (Lipinski definition) is 2. The minimum absolute atomic E-state index is 0.148. The summed E-state index contributed by atoms with van der Waals surface area (Å²) in [5.74, 6) is 1.01. The van der Waals surface area contributed by atoms with Gasteiger partial charge in [0.15, 0.2) is 5.16 Å². The van der Waals surface area contributed by atoms with Gasteiger partial charge in [0.25, 0.3) is 5.56 Å². The Labute approximate surface area is 142 Å². The first-order chi connectivity index (χ1) is 11.6. The van der Waals surface area contributed by atoms with Crippen LogP contribution >= 0.6 is 11.8 Å². The molecular formula is C16H19N5O2S. The van der Waals surface area contributed by atoms with Crippen molar-refractivity contribution < 1.29 is 0 Å². The zero-order chi connectivity index (χ0) is 17.1. The molecule has 1 aromatic carbocycles. The molecule has 0 amide bonds. The standard InChI is InChI=1S/C16H19N5O2S/c1-3-4-8-21-15(23)19-20-16(21)24-9-12-17-13-10(2)6-5-7-11(13)14(22)18-12/h5-7H,3-4,8-9H2,1-2H3,(H,19,23)(H,17,18,22). The molecule has 0 spiro atoms. The normalized spacial score (nSPS) is 11.2. The van der Waals surface area contributed by atoms with Crippen molar-refractivity contribution in [3.05, 3.63) is 50.4 Å². The summed E-state index contributed by atoms with van der Waals surface area (Å²) < 4.78 is 1.62. The lowest BCUT2D eigenvalue weighted by Crippen LogP contribution is -2.17. The number of fused-ring (bicyclic) bond motifs is 1. The topological polar surface area (TPSA) is 96.4 Å². The van der Waals surface area contributed by atoms with Crippen molar-refractivity contribution in [2.45, 2.75) is 44.1 Å². The summed E-state index contributed by atoms with van der Waals surface area (Å²) in [5, 5.41) is 7.73. The van der Waals surface area contributed by atoms with Crippen LogP contribution in [0.5, 0.6) is 0 Å². The summed E-state index contributed by atoms with van der Waals surface area (Å²) in [6.45, 7) is 4.64. The molecule has 0 aliphatic heterocycles. The molecule has 2 N–H and O–H groups in total. The lowest BCUT2D eigenvalue weighted by molar-refractivity contribution is 0.573. The van der Waals surface area contributed by atoms with Crippen LogP contribution in [-0.2, 0) is 12.3 Å². The maximum absolute atomic E-state index is 12.2. The average molecular weight is 345 g/mol. The zero-order valence-electron chi connectivity index (χ0n) is 13.6. The molecule has 3 aromatic rings. The molecule has 0 unspecified atom stereocenters. The third-order valence-corrected chi connectivity index (χ3v) is 4.77. The number of nitrogens with zero attached hydrogens (tertiary/aromatic N) is 3. The van der Waals surface area contributed by atoms with Crippen molar-refractivity contribution in [3.63, 3.8) is 0 Å². The number of thioether (sulfide) groups is 1. The monoisotopic (exact) mass is 345 g/mol. The number of rotatable bonds is 6. The molecule has 0 aliphatic rings. The zero-order valence-corrected chi connectivity index (χ0v) is 14.4. The van der Waals surface area contributed by atoms with E-state index in [0.717, 1.165) is 18.4 Å². The Hall–Kier alpha value is -2.35. The van der Waals surface area contributed by atoms with Crippen molar-refractivity contribution >= 4 is 22.7 Å². The second kappa shape index (κ2) is 7.04. The summed E-state index contributed by atoms with van der Waals surface area (Å²) in [6, 6.07) is 5.54. The number of para-hydroxylation sites is 1. The highest BCUT2D eigenvalue weighted by Gasteiger charge is 2.11. The molecule has 7 nitrogen and oxygen atoms in total. The molecular weight excluding hydrogens is 326 g/mol. The van der Waals surface area contributed by atoms with Crippen LogP contribution in [0.15, 0.2) is 32.9 Å².